The Bertz CT molecular complexity index is 421. The summed E-state index contributed by atoms with van der Waals surface area (Å²) >= 11 is 5.48. The first-order valence-corrected chi connectivity index (χ1v) is 7.89. The first-order chi connectivity index (χ1) is 8.09. The van der Waals surface area contributed by atoms with Crippen LogP contribution in [-0.2, 0) is 16.8 Å². The van der Waals surface area contributed by atoms with Crippen LogP contribution >= 0.6 is 27.3 Å². The van der Waals surface area contributed by atoms with Gasteiger partial charge in [0.15, 0.2) is 0 Å². The van der Waals surface area contributed by atoms with E-state index < -0.39 is 0 Å². The van der Waals surface area contributed by atoms with Gasteiger partial charge in [-0.2, -0.15) is 0 Å². The fourth-order valence-electron chi connectivity index (χ4n) is 3.37. The van der Waals surface area contributed by atoms with Crippen LogP contribution in [0.1, 0.15) is 37.1 Å². The van der Waals surface area contributed by atoms with Crippen molar-refractivity contribution < 1.29 is 4.74 Å². The molecule has 2 aliphatic rings. The Hall–Kier alpha value is 0.1000. The number of fused-ring (bicyclic) bond motifs is 2. The number of ether oxygens (including phenoxy) is 1. The van der Waals surface area contributed by atoms with Crippen molar-refractivity contribution in [2.75, 3.05) is 6.61 Å². The molecule has 3 heterocycles. The Balaban J connectivity index is 2.02. The van der Waals surface area contributed by atoms with Gasteiger partial charge in [0.25, 0.3) is 0 Å². The molecule has 1 N–H and O–H groups in total. The van der Waals surface area contributed by atoms with E-state index in [1.54, 1.807) is 0 Å². The van der Waals surface area contributed by atoms with Crippen LogP contribution in [0.2, 0.25) is 0 Å². The summed E-state index contributed by atoms with van der Waals surface area (Å²) < 4.78 is 7.48. The lowest BCUT2D eigenvalue weighted by atomic mass is 9.80. The summed E-state index contributed by atoms with van der Waals surface area (Å²) in [6.07, 6.45) is 3.25. The van der Waals surface area contributed by atoms with E-state index in [9.17, 15) is 0 Å². The van der Waals surface area contributed by atoms with Crippen molar-refractivity contribution in [1.29, 1.82) is 0 Å². The summed E-state index contributed by atoms with van der Waals surface area (Å²) in [5, 5.41) is 3.60. The van der Waals surface area contributed by atoms with Crippen molar-refractivity contribution in [3.05, 3.63) is 20.3 Å². The van der Waals surface area contributed by atoms with E-state index >= 15 is 0 Å². The summed E-state index contributed by atoms with van der Waals surface area (Å²) in [5.74, 6) is 0. The molecule has 1 aromatic rings. The van der Waals surface area contributed by atoms with Crippen LogP contribution in [0.4, 0.5) is 0 Å². The Kier molecular flexibility index (Phi) is 3.10. The van der Waals surface area contributed by atoms with E-state index in [0.717, 1.165) is 25.9 Å². The number of nitrogens with one attached hydrogen (secondary N) is 1. The predicted octanol–water partition coefficient (Wildman–Crippen LogP) is 3.44. The van der Waals surface area contributed by atoms with Gasteiger partial charge in [0.1, 0.15) is 5.60 Å². The summed E-state index contributed by atoms with van der Waals surface area (Å²) in [4.78, 5) is 1.47. The molecule has 0 aliphatic carbocycles. The van der Waals surface area contributed by atoms with E-state index in [0.29, 0.717) is 12.1 Å². The molecular weight excluding hydrogens is 298 g/mol. The third-order valence-electron chi connectivity index (χ3n) is 3.78. The second-order valence-corrected chi connectivity index (χ2v) is 7.81. The quantitative estimate of drug-likeness (QED) is 0.792. The van der Waals surface area contributed by atoms with Crippen molar-refractivity contribution >= 4 is 27.3 Å². The van der Waals surface area contributed by atoms with Crippen LogP contribution in [0.15, 0.2) is 9.85 Å². The SMILES string of the molecule is CC1CC2(CC(C)N1)OCCc1cc(Br)sc12. The molecule has 2 nitrogen and oxygen atoms in total. The highest BCUT2D eigenvalue weighted by Gasteiger charge is 2.44. The lowest BCUT2D eigenvalue weighted by molar-refractivity contribution is -0.0932. The van der Waals surface area contributed by atoms with Gasteiger partial charge in [-0.1, -0.05) is 0 Å². The Morgan fingerprint density at radius 1 is 1.41 bits per heavy atom. The predicted molar refractivity (Wildman–Crippen MR) is 74.6 cm³/mol. The van der Waals surface area contributed by atoms with Crippen molar-refractivity contribution in [2.45, 2.75) is 50.8 Å². The van der Waals surface area contributed by atoms with Crippen LogP contribution < -0.4 is 5.32 Å². The van der Waals surface area contributed by atoms with Gasteiger partial charge in [-0.05, 0) is 60.7 Å². The molecule has 2 atom stereocenters. The molecule has 94 valence electrons. The summed E-state index contributed by atoms with van der Waals surface area (Å²) in [7, 11) is 0. The zero-order chi connectivity index (χ0) is 12.0. The van der Waals surface area contributed by atoms with E-state index in [4.69, 9.17) is 4.74 Å². The molecular formula is C13H18BrNOS. The maximum Gasteiger partial charge on any atom is 0.105 e. The summed E-state index contributed by atoms with van der Waals surface area (Å²) in [5.41, 5.74) is 1.48. The molecule has 0 amide bonds. The van der Waals surface area contributed by atoms with Crippen molar-refractivity contribution in [3.63, 3.8) is 0 Å². The maximum atomic E-state index is 6.24. The van der Waals surface area contributed by atoms with E-state index in [-0.39, 0.29) is 5.60 Å². The lowest BCUT2D eigenvalue weighted by Crippen LogP contribution is -2.52. The minimum absolute atomic E-state index is 0.0195. The Morgan fingerprint density at radius 2 is 2.12 bits per heavy atom. The van der Waals surface area contributed by atoms with Crippen LogP contribution in [0.25, 0.3) is 0 Å². The van der Waals surface area contributed by atoms with Crippen LogP contribution in [-0.4, -0.2) is 18.7 Å². The largest absolute Gasteiger partial charge is 0.369 e. The van der Waals surface area contributed by atoms with Crippen molar-refractivity contribution in [1.82, 2.24) is 5.32 Å². The summed E-state index contributed by atoms with van der Waals surface area (Å²) in [6, 6.07) is 3.35. The van der Waals surface area contributed by atoms with Gasteiger partial charge >= 0.3 is 0 Å². The number of hydrogen-bond acceptors (Lipinski definition) is 3. The molecule has 17 heavy (non-hydrogen) atoms. The molecule has 0 saturated carbocycles. The number of thiophene rings is 1. The van der Waals surface area contributed by atoms with E-state index in [1.165, 1.54) is 14.2 Å². The standard InChI is InChI=1S/C13H18BrNOS/c1-8-6-13(7-9(2)15-8)12-10(3-4-16-13)5-11(14)17-12/h5,8-9,15H,3-4,6-7H2,1-2H3. The first kappa shape index (κ1) is 12.2. The van der Waals surface area contributed by atoms with Crippen molar-refractivity contribution in [2.24, 2.45) is 0 Å². The minimum atomic E-state index is -0.0195. The normalized spacial score (nSPS) is 37.1. The van der Waals surface area contributed by atoms with Gasteiger partial charge < -0.3 is 10.1 Å². The lowest BCUT2D eigenvalue weighted by Gasteiger charge is -2.45. The highest BCUT2D eigenvalue weighted by atomic mass is 79.9. The zero-order valence-corrected chi connectivity index (χ0v) is 12.7. The summed E-state index contributed by atoms with van der Waals surface area (Å²) in [6.45, 7) is 5.39. The average molecular weight is 316 g/mol. The van der Waals surface area contributed by atoms with Crippen LogP contribution in [0.3, 0.4) is 0 Å². The Labute approximate surface area is 115 Å². The fourth-order valence-corrected chi connectivity index (χ4v) is 5.23. The molecule has 2 aliphatic heterocycles. The first-order valence-electron chi connectivity index (χ1n) is 6.28. The van der Waals surface area contributed by atoms with Gasteiger partial charge in [0.2, 0.25) is 0 Å². The maximum absolute atomic E-state index is 6.24. The van der Waals surface area contributed by atoms with Gasteiger partial charge in [-0.3, -0.25) is 0 Å². The van der Waals surface area contributed by atoms with E-state index in [1.807, 2.05) is 11.3 Å². The Morgan fingerprint density at radius 3 is 2.82 bits per heavy atom. The van der Waals surface area contributed by atoms with Gasteiger partial charge in [0.05, 0.1) is 10.4 Å². The molecule has 0 aromatic carbocycles. The second kappa shape index (κ2) is 4.34. The molecule has 0 bridgehead atoms. The smallest absolute Gasteiger partial charge is 0.105 e. The molecule has 1 spiro atoms. The number of hydrogen-bond donors (Lipinski definition) is 1. The molecule has 1 saturated heterocycles. The van der Waals surface area contributed by atoms with E-state index in [2.05, 4.69) is 41.2 Å². The third kappa shape index (κ3) is 2.09. The average Bonchev–Trinajstić information content (AvgIpc) is 2.58. The molecule has 3 rings (SSSR count). The van der Waals surface area contributed by atoms with Crippen molar-refractivity contribution in [3.8, 4) is 0 Å². The van der Waals surface area contributed by atoms with Crippen LogP contribution in [0.5, 0.6) is 0 Å². The molecule has 1 fully saturated rings. The third-order valence-corrected chi connectivity index (χ3v) is 5.65. The number of rotatable bonds is 0. The highest BCUT2D eigenvalue weighted by Crippen LogP contribution is 2.47. The minimum Gasteiger partial charge on any atom is -0.369 e. The molecule has 4 heteroatoms. The monoisotopic (exact) mass is 315 g/mol. The fraction of sp³-hybridized carbons (Fsp3) is 0.692. The van der Waals surface area contributed by atoms with Gasteiger partial charge in [-0.25, -0.2) is 0 Å². The van der Waals surface area contributed by atoms with Gasteiger partial charge in [0, 0.05) is 17.0 Å². The topological polar surface area (TPSA) is 21.3 Å². The molecule has 0 radical (unpaired) electrons. The van der Waals surface area contributed by atoms with Gasteiger partial charge in [-0.15, -0.1) is 11.3 Å². The zero-order valence-electron chi connectivity index (χ0n) is 10.3. The number of halogens is 1. The number of piperidine rings is 1. The van der Waals surface area contributed by atoms with Crippen LogP contribution in [0, 0.1) is 0 Å². The second-order valence-electron chi connectivity index (χ2n) is 5.37. The molecule has 2 unspecified atom stereocenters. The molecule has 1 aromatic heterocycles. The highest BCUT2D eigenvalue weighted by molar-refractivity contribution is 9.11.